The average molecular weight is 324 g/mol. The minimum absolute atomic E-state index is 0.236. The first-order valence-corrected chi connectivity index (χ1v) is 7.33. The first kappa shape index (κ1) is 15.7. The second kappa shape index (κ2) is 7.34. The Bertz CT molecular complexity index is 631. The monoisotopic (exact) mass is 323 g/mol. The summed E-state index contributed by atoms with van der Waals surface area (Å²) in [6.07, 6.45) is -0.0960. The molecule has 0 radical (unpaired) electrons. The van der Waals surface area contributed by atoms with Gasteiger partial charge in [0.25, 0.3) is 5.91 Å². The molecule has 0 aliphatic heterocycles. The van der Waals surface area contributed by atoms with E-state index in [0.29, 0.717) is 27.9 Å². The molecule has 110 valence electrons. The molecule has 0 aliphatic rings. The van der Waals surface area contributed by atoms with Crippen LogP contribution >= 0.6 is 23.2 Å². The van der Waals surface area contributed by atoms with E-state index in [4.69, 9.17) is 27.9 Å². The summed E-state index contributed by atoms with van der Waals surface area (Å²) >= 11 is 11.9. The smallest absolute Gasteiger partial charge is 0.265 e. The van der Waals surface area contributed by atoms with Crippen LogP contribution in [0.25, 0.3) is 0 Å². The molecule has 2 aromatic carbocycles. The van der Waals surface area contributed by atoms with Crippen molar-refractivity contribution >= 4 is 34.8 Å². The van der Waals surface area contributed by atoms with Gasteiger partial charge in [0, 0.05) is 10.7 Å². The van der Waals surface area contributed by atoms with Crippen molar-refractivity contribution in [2.24, 2.45) is 0 Å². The molecular formula is C16H15Cl2NO2. The van der Waals surface area contributed by atoms with Gasteiger partial charge in [0.15, 0.2) is 6.10 Å². The molecule has 3 nitrogen and oxygen atoms in total. The van der Waals surface area contributed by atoms with Gasteiger partial charge in [-0.05, 0) is 36.8 Å². The third kappa shape index (κ3) is 4.38. The Kier molecular flexibility index (Phi) is 5.48. The van der Waals surface area contributed by atoms with Gasteiger partial charge in [0.05, 0.1) is 5.02 Å². The third-order valence-electron chi connectivity index (χ3n) is 2.86. The molecule has 0 saturated carbocycles. The average Bonchev–Trinajstić information content (AvgIpc) is 2.46. The maximum atomic E-state index is 12.2. The number of halogens is 2. The van der Waals surface area contributed by atoms with Crippen LogP contribution < -0.4 is 10.1 Å². The van der Waals surface area contributed by atoms with Crippen LogP contribution in [0.3, 0.4) is 0 Å². The highest BCUT2D eigenvalue weighted by molar-refractivity contribution is 6.32. The summed E-state index contributed by atoms with van der Waals surface area (Å²) in [7, 11) is 0. The maximum Gasteiger partial charge on any atom is 0.265 e. The zero-order chi connectivity index (χ0) is 15.2. The molecule has 1 unspecified atom stereocenters. The van der Waals surface area contributed by atoms with Crippen LogP contribution in [0.2, 0.25) is 10.0 Å². The lowest BCUT2D eigenvalue weighted by atomic mass is 10.2. The molecule has 2 aromatic rings. The topological polar surface area (TPSA) is 38.3 Å². The van der Waals surface area contributed by atoms with Crippen molar-refractivity contribution in [1.29, 1.82) is 0 Å². The molecule has 1 amide bonds. The minimum Gasteiger partial charge on any atom is -0.479 e. The van der Waals surface area contributed by atoms with Crippen LogP contribution in [0, 0.1) is 0 Å². The second-order valence-corrected chi connectivity index (χ2v) is 5.29. The lowest BCUT2D eigenvalue weighted by Gasteiger charge is -2.18. The highest BCUT2D eigenvalue weighted by atomic mass is 35.5. The molecule has 0 bridgehead atoms. The number of amides is 1. The number of carbonyl (C=O) groups excluding carboxylic acids is 1. The molecule has 0 aromatic heterocycles. The summed E-state index contributed by atoms with van der Waals surface area (Å²) in [5.41, 5.74) is 0.633. The van der Waals surface area contributed by atoms with Gasteiger partial charge < -0.3 is 10.1 Å². The largest absolute Gasteiger partial charge is 0.479 e. The SMILES string of the molecule is CCC(Oc1ccccc1Cl)C(=O)Nc1cccc(Cl)c1. The summed E-state index contributed by atoms with van der Waals surface area (Å²) in [4.78, 5) is 12.2. The van der Waals surface area contributed by atoms with E-state index >= 15 is 0 Å². The van der Waals surface area contributed by atoms with E-state index in [-0.39, 0.29) is 5.91 Å². The second-order valence-electron chi connectivity index (χ2n) is 4.44. The van der Waals surface area contributed by atoms with Gasteiger partial charge in [0.1, 0.15) is 5.75 Å². The molecule has 0 heterocycles. The quantitative estimate of drug-likeness (QED) is 0.859. The molecule has 1 atom stereocenters. The van der Waals surface area contributed by atoms with Crippen molar-refractivity contribution in [2.75, 3.05) is 5.32 Å². The van der Waals surface area contributed by atoms with Gasteiger partial charge in [-0.2, -0.15) is 0 Å². The zero-order valence-corrected chi connectivity index (χ0v) is 13.0. The lowest BCUT2D eigenvalue weighted by Crippen LogP contribution is -2.32. The number of ether oxygens (including phenoxy) is 1. The zero-order valence-electron chi connectivity index (χ0n) is 11.5. The standard InChI is InChI=1S/C16H15Cl2NO2/c1-2-14(21-15-9-4-3-8-13(15)18)16(20)19-12-7-5-6-11(17)10-12/h3-10,14H,2H2,1H3,(H,19,20). The Morgan fingerprint density at radius 3 is 2.62 bits per heavy atom. The predicted molar refractivity (Wildman–Crippen MR) is 86.2 cm³/mol. The Morgan fingerprint density at radius 1 is 1.19 bits per heavy atom. The van der Waals surface area contributed by atoms with Crippen LogP contribution in [-0.4, -0.2) is 12.0 Å². The fourth-order valence-electron chi connectivity index (χ4n) is 1.80. The van der Waals surface area contributed by atoms with E-state index in [2.05, 4.69) is 5.32 Å². The molecule has 21 heavy (non-hydrogen) atoms. The number of nitrogens with one attached hydrogen (secondary N) is 1. The van der Waals surface area contributed by atoms with Crippen molar-refractivity contribution in [3.8, 4) is 5.75 Å². The van der Waals surface area contributed by atoms with Crippen LogP contribution in [0.5, 0.6) is 5.75 Å². The fraction of sp³-hybridized carbons (Fsp3) is 0.188. The summed E-state index contributed by atoms with van der Waals surface area (Å²) in [6.45, 7) is 1.87. The Hall–Kier alpha value is -1.71. The highest BCUT2D eigenvalue weighted by Gasteiger charge is 2.19. The van der Waals surface area contributed by atoms with Crippen LogP contribution in [0.4, 0.5) is 5.69 Å². The minimum atomic E-state index is -0.621. The highest BCUT2D eigenvalue weighted by Crippen LogP contribution is 2.25. The van der Waals surface area contributed by atoms with Crippen LogP contribution in [-0.2, 0) is 4.79 Å². The van der Waals surface area contributed by atoms with E-state index in [9.17, 15) is 4.79 Å². The van der Waals surface area contributed by atoms with E-state index in [1.54, 1.807) is 36.4 Å². The van der Waals surface area contributed by atoms with Crippen molar-refractivity contribution in [3.63, 3.8) is 0 Å². The summed E-state index contributed by atoms with van der Waals surface area (Å²) in [6, 6.07) is 14.0. The summed E-state index contributed by atoms with van der Waals surface area (Å²) in [5, 5.41) is 3.82. The maximum absolute atomic E-state index is 12.2. The number of para-hydroxylation sites is 1. The third-order valence-corrected chi connectivity index (χ3v) is 3.41. The Labute approximate surface area is 133 Å². The van der Waals surface area contributed by atoms with Crippen molar-refractivity contribution < 1.29 is 9.53 Å². The van der Waals surface area contributed by atoms with Crippen molar-refractivity contribution in [2.45, 2.75) is 19.4 Å². The molecule has 2 rings (SSSR count). The predicted octanol–water partition coefficient (Wildman–Crippen LogP) is 4.79. The van der Waals surface area contributed by atoms with Gasteiger partial charge in [-0.15, -0.1) is 0 Å². The van der Waals surface area contributed by atoms with Gasteiger partial charge in [-0.25, -0.2) is 0 Å². The summed E-state index contributed by atoms with van der Waals surface area (Å²) in [5.74, 6) is 0.256. The van der Waals surface area contributed by atoms with E-state index in [1.807, 2.05) is 19.1 Å². The lowest BCUT2D eigenvalue weighted by molar-refractivity contribution is -0.122. The van der Waals surface area contributed by atoms with E-state index < -0.39 is 6.10 Å². The summed E-state index contributed by atoms with van der Waals surface area (Å²) < 4.78 is 5.68. The number of rotatable bonds is 5. The molecule has 0 spiro atoms. The number of anilines is 1. The van der Waals surface area contributed by atoms with E-state index in [0.717, 1.165) is 0 Å². The van der Waals surface area contributed by atoms with Crippen LogP contribution in [0.1, 0.15) is 13.3 Å². The van der Waals surface area contributed by atoms with Crippen molar-refractivity contribution in [1.82, 2.24) is 0 Å². The molecule has 0 fully saturated rings. The molecular weight excluding hydrogens is 309 g/mol. The first-order chi connectivity index (χ1) is 10.1. The first-order valence-electron chi connectivity index (χ1n) is 6.57. The number of hydrogen-bond acceptors (Lipinski definition) is 2. The molecule has 1 N–H and O–H groups in total. The van der Waals surface area contributed by atoms with Gasteiger partial charge in [-0.1, -0.05) is 48.3 Å². The molecule has 5 heteroatoms. The fourth-order valence-corrected chi connectivity index (χ4v) is 2.18. The molecule has 0 aliphatic carbocycles. The van der Waals surface area contributed by atoms with E-state index in [1.165, 1.54) is 0 Å². The van der Waals surface area contributed by atoms with Gasteiger partial charge >= 0.3 is 0 Å². The van der Waals surface area contributed by atoms with Crippen LogP contribution in [0.15, 0.2) is 48.5 Å². The number of carbonyl (C=O) groups is 1. The Balaban J connectivity index is 2.07. The normalized spacial score (nSPS) is 11.8. The van der Waals surface area contributed by atoms with Gasteiger partial charge in [-0.3, -0.25) is 4.79 Å². The number of hydrogen-bond donors (Lipinski definition) is 1. The Morgan fingerprint density at radius 2 is 1.95 bits per heavy atom. The van der Waals surface area contributed by atoms with Crippen molar-refractivity contribution in [3.05, 3.63) is 58.6 Å². The molecule has 0 saturated heterocycles. The number of benzene rings is 2. The van der Waals surface area contributed by atoms with Gasteiger partial charge in [0.2, 0.25) is 0 Å².